The first-order chi connectivity index (χ1) is 19.0. The van der Waals surface area contributed by atoms with Crippen molar-refractivity contribution in [2.45, 2.75) is 106 Å². The van der Waals surface area contributed by atoms with Gasteiger partial charge in [-0.05, 0) is 104 Å². The van der Waals surface area contributed by atoms with E-state index in [-0.39, 0.29) is 12.3 Å². The number of benzene rings is 1. The van der Waals surface area contributed by atoms with Crippen molar-refractivity contribution in [1.29, 1.82) is 5.41 Å². The Morgan fingerprint density at radius 1 is 1.15 bits per heavy atom. The predicted molar refractivity (Wildman–Crippen MR) is 170 cm³/mol. The van der Waals surface area contributed by atoms with Crippen LogP contribution < -0.4 is 0 Å². The van der Waals surface area contributed by atoms with E-state index in [1.54, 1.807) is 6.92 Å². The Kier molecular flexibility index (Phi) is 13.7. The van der Waals surface area contributed by atoms with Gasteiger partial charge in [-0.3, -0.25) is 5.41 Å². The summed E-state index contributed by atoms with van der Waals surface area (Å²) in [5, 5.41) is 7.72. The van der Waals surface area contributed by atoms with Crippen molar-refractivity contribution < 1.29 is 8.78 Å². The third-order valence-electron chi connectivity index (χ3n) is 7.66. The van der Waals surface area contributed by atoms with Gasteiger partial charge in [0.05, 0.1) is 0 Å². The van der Waals surface area contributed by atoms with Crippen LogP contribution in [-0.4, -0.2) is 36.0 Å². The Bertz CT molecular complexity index is 1130. The van der Waals surface area contributed by atoms with Crippen molar-refractivity contribution in [1.82, 2.24) is 4.90 Å². The number of amidine groups is 1. The van der Waals surface area contributed by atoms with E-state index < -0.39 is 6.43 Å². The second-order valence-electron chi connectivity index (χ2n) is 11.4. The molecule has 5 heteroatoms. The molecule has 1 aliphatic heterocycles. The maximum Gasteiger partial charge on any atom is 0.242 e. The van der Waals surface area contributed by atoms with Crippen LogP contribution >= 0.6 is 0 Å². The summed E-state index contributed by atoms with van der Waals surface area (Å²) in [6.07, 6.45) is 8.61. The molecule has 220 valence electrons. The third kappa shape index (κ3) is 9.98. The van der Waals surface area contributed by atoms with Crippen molar-refractivity contribution in [2.75, 3.05) is 13.1 Å². The number of halogens is 2. The van der Waals surface area contributed by atoms with Crippen LogP contribution in [0.15, 0.2) is 64.8 Å². The summed E-state index contributed by atoms with van der Waals surface area (Å²) in [7, 11) is 0. The van der Waals surface area contributed by atoms with Crippen molar-refractivity contribution >= 4 is 17.1 Å². The minimum atomic E-state index is -2.43. The summed E-state index contributed by atoms with van der Waals surface area (Å²) < 4.78 is 28.2. The molecule has 1 saturated heterocycles. The zero-order valence-electron chi connectivity index (χ0n) is 25.9. The number of aryl methyl sites for hydroxylation is 1. The first kappa shape index (κ1) is 33.4. The number of hydrogen-bond acceptors (Lipinski definition) is 2. The molecule has 0 radical (unpaired) electrons. The summed E-state index contributed by atoms with van der Waals surface area (Å²) in [6.45, 7) is 20.5. The second kappa shape index (κ2) is 16.4. The largest absolute Gasteiger partial charge is 0.375 e. The molecule has 3 nitrogen and oxygen atoms in total. The average molecular weight is 552 g/mol. The Labute approximate surface area is 242 Å². The lowest BCUT2D eigenvalue weighted by Gasteiger charge is -2.36. The molecule has 0 atom stereocenters. The molecule has 0 unspecified atom stereocenters. The SMILES string of the molecule is C=C(CC(C)C)N1CCC(c2ccc(C)c(/C(CC(F)F)=C(CCC)/C(/C=C\C(CC)=NC(C)=N)=C/C)c2)CC1. The van der Waals surface area contributed by atoms with Crippen LogP contribution in [0.1, 0.15) is 109 Å². The topological polar surface area (TPSA) is 39.5 Å². The molecule has 0 aliphatic carbocycles. The van der Waals surface area contributed by atoms with E-state index in [1.165, 1.54) is 11.3 Å². The number of piperidine rings is 1. The van der Waals surface area contributed by atoms with E-state index >= 15 is 0 Å². The lowest BCUT2D eigenvalue weighted by atomic mass is 9.83. The lowest BCUT2D eigenvalue weighted by Crippen LogP contribution is -2.32. The Balaban J connectivity index is 2.51. The van der Waals surface area contributed by atoms with Gasteiger partial charge in [0.2, 0.25) is 6.43 Å². The molecule has 0 bridgehead atoms. The monoisotopic (exact) mass is 551 g/mol. The van der Waals surface area contributed by atoms with Gasteiger partial charge in [0, 0.05) is 30.9 Å². The van der Waals surface area contributed by atoms with Crippen LogP contribution in [0, 0.1) is 18.3 Å². The van der Waals surface area contributed by atoms with E-state index in [0.717, 1.165) is 72.3 Å². The lowest BCUT2D eigenvalue weighted by molar-refractivity contribution is 0.155. The van der Waals surface area contributed by atoms with Gasteiger partial charge < -0.3 is 4.90 Å². The molecule has 1 aromatic rings. The minimum absolute atomic E-state index is 0.258. The highest BCUT2D eigenvalue weighted by Gasteiger charge is 2.24. The van der Waals surface area contributed by atoms with Crippen LogP contribution in [-0.2, 0) is 0 Å². The number of aliphatic imine (C=N–C) groups is 1. The van der Waals surface area contributed by atoms with Gasteiger partial charge in [0.15, 0.2) is 0 Å². The quantitative estimate of drug-likeness (QED) is 0.148. The van der Waals surface area contributed by atoms with Crippen molar-refractivity contribution in [2.24, 2.45) is 10.9 Å². The van der Waals surface area contributed by atoms with Crippen LogP contribution in [0.5, 0.6) is 0 Å². The molecule has 2 rings (SSSR count). The number of nitrogens with one attached hydrogen (secondary N) is 1. The smallest absolute Gasteiger partial charge is 0.242 e. The van der Waals surface area contributed by atoms with Crippen LogP contribution in [0.25, 0.3) is 5.57 Å². The standard InChI is InChI=1S/C35H51F2N3/c1-9-12-32(28(10-2)15-16-31(11-3)39-27(8)38)34(23-35(36)37)33-22-30(14-13-25(33)6)29-17-19-40(20-18-29)26(7)21-24(4)5/h10,13-16,22,24,29,35,38H,7,9,11-12,17-21,23H2,1-6,8H3/b16-15-,28-10+,34-32+,38-27?,39-31?. The zero-order chi connectivity index (χ0) is 29.8. The molecule has 1 fully saturated rings. The van der Waals surface area contributed by atoms with Crippen LogP contribution in [0.2, 0.25) is 0 Å². The molecule has 1 aromatic carbocycles. The summed E-state index contributed by atoms with van der Waals surface area (Å²) in [5.74, 6) is 1.27. The van der Waals surface area contributed by atoms with Gasteiger partial charge in [0.1, 0.15) is 5.84 Å². The highest BCUT2D eigenvalue weighted by molar-refractivity contribution is 6.02. The second-order valence-corrected chi connectivity index (χ2v) is 11.4. The first-order valence-corrected chi connectivity index (χ1v) is 15.0. The Morgan fingerprint density at radius 2 is 1.82 bits per heavy atom. The van der Waals surface area contributed by atoms with Gasteiger partial charge in [0.25, 0.3) is 0 Å². The van der Waals surface area contributed by atoms with E-state index in [9.17, 15) is 8.78 Å². The van der Waals surface area contributed by atoms with Crippen LogP contribution in [0.3, 0.4) is 0 Å². The van der Waals surface area contributed by atoms with Crippen LogP contribution in [0.4, 0.5) is 8.78 Å². The molecule has 40 heavy (non-hydrogen) atoms. The van der Waals surface area contributed by atoms with E-state index in [4.69, 9.17) is 5.41 Å². The van der Waals surface area contributed by atoms with E-state index in [1.807, 2.05) is 39.0 Å². The molecule has 0 amide bonds. The molecular formula is C35H51F2N3. The molecule has 1 aliphatic rings. The molecule has 1 heterocycles. The summed E-state index contributed by atoms with van der Waals surface area (Å²) in [4.78, 5) is 6.73. The van der Waals surface area contributed by atoms with Gasteiger partial charge >= 0.3 is 0 Å². The Hall–Kier alpha value is -2.82. The molecule has 0 spiro atoms. The molecule has 1 N–H and O–H groups in total. The van der Waals surface area contributed by atoms with Gasteiger partial charge in [-0.1, -0.05) is 71.0 Å². The van der Waals surface area contributed by atoms with Gasteiger partial charge in [-0.25, -0.2) is 13.8 Å². The fraction of sp³-hybridized carbons (Fsp3) is 0.543. The summed E-state index contributed by atoms with van der Waals surface area (Å²) in [6, 6.07) is 6.51. The summed E-state index contributed by atoms with van der Waals surface area (Å²) in [5.41, 5.74) is 7.92. The van der Waals surface area contributed by atoms with Crippen molar-refractivity contribution in [3.8, 4) is 0 Å². The molecule has 0 aromatic heterocycles. The highest BCUT2D eigenvalue weighted by Crippen LogP contribution is 2.37. The van der Waals surface area contributed by atoms with Crippen molar-refractivity contribution in [3.63, 3.8) is 0 Å². The maximum atomic E-state index is 14.1. The van der Waals surface area contributed by atoms with Gasteiger partial charge in [-0.2, -0.15) is 0 Å². The number of alkyl halides is 2. The number of allylic oxidation sites excluding steroid dienone is 7. The zero-order valence-corrected chi connectivity index (χ0v) is 25.9. The number of nitrogens with zero attached hydrogens (tertiary/aromatic N) is 2. The predicted octanol–water partition coefficient (Wildman–Crippen LogP) is 10.3. The van der Waals surface area contributed by atoms with Gasteiger partial charge in [-0.15, -0.1) is 0 Å². The average Bonchev–Trinajstić information content (AvgIpc) is 2.90. The maximum absolute atomic E-state index is 14.1. The third-order valence-corrected chi connectivity index (χ3v) is 7.66. The fourth-order valence-corrected chi connectivity index (χ4v) is 5.62. The van der Waals surface area contributed by atoms with E-state index in [0.29, 0.717) is 24.7 Å². The number of likely N-dealkylation sites (tertiary alicyclic amines) is 1. The number of rotatable bonds is 13. The normalized spacial score (nSPS) is 16.3. The van der Waals surface area contributed by atoms with E-state index in [2.05, 4.69) is 55.4 Å². The first-order valence-electron chi connectivity index (χ1n) is 15.0. The minimum Gasteiger partial charge on any atom is -0.375 e. The molecular weight excluding hydrogens is 500 g/mol. The highest BCUT2D eigenvalue weighted by atomic mass is 19.3. The molecule has 0 saturated carbocycles. The summed E-state index contributed by atoms with van der Waals surface area (Å²) >= 11 is 0. The fourth-order valence-electron chi connectivity index (χ4n) is 5.62. The number of hydrogen-bond donors (Lipinski definition) is 1. The Morgan fingerprint density at radius 3 is 2.35 bits per heavy atom. The van der Waals surface area contributed by atoms with Crippen molar-refractivity contribution in [3.05, 3.63) is 76.5 Å².